The number of piperazine rings is 1. The fourth-order valence-electron chi connectivity index (χ4n) is 3.27. The predicted octanol–water partition coefficient (Wildman–Crippen LogP) is 5.01. The Morgan fingerprint density at radius 2 is 1.54 bits per heavy atom. The summed E-state index contributed by atoms with van der Waals surface area (Å²) < 4.78 is 45.6. The molecule has 1 aliphatic rings. The van der Waals surface area contributed by atoms with E-state index in [1.54, 1.807) is 24.3 Å². The van der Waals surface area contributed by atoms with Gasteiger partial charge in [-0.2, -0.15) is 13.2 Å². The van der Waals surface area contributed by atoms with Crippen LogP contribution in [0.1, 0.15) is 23.6 Å². The number of nitrogens with zero attached hydrogens (tertiary/aromatic N) is 1. The van der Waals surface area contributed by atoms with Gasteiger partial charge in [-0.05, 0) is 11.6 Å². The van der Waals surface area contributed by atoms with E-state index in [0.29, 0.717) is 44.1 Å². The second-order valence-electron chi connectivity index (χ2n) is 6.43. The van der Waals surface area contributed by atoms with Gasteiger partial charge in [0.25, 0.3) is 0 Å². The lowest BCUT2D eigenvalue weighted by Gasteiger charge is -2.36. The van der Waals surface area contributed by atoms with Gasteiger partial charge in [0.15, 0.2) is 0 Å². The average Bonchev–Trinajstić information content (AvgIpc) is 2.66. The minimum absolute atomic E-state index is 0. The maximum absolute atomic E-state index is 13.2. The van der Waals surface area contributed by atoms with Crippen molar-refractivity contribution in [2.24, 2.45) is 0 Å². The number of nitrogens with one attached hydrogen (secondary N) is 1. The van der Waals surface area contributed by atoms with Crippen LogP contribution in [0.3, 0.4) is 0 Å². The molecule has 28 heavy (non-hydrogen) atoms. The minimum Gasteiger partial charge on any atom is -0.489 e. The minimum atomic E-state index is -4.23. The third-order valence-electron chi connectivity index (χ3n) is 4.53. The molecule has 3 nitrogen and oxygen atoms in total. The van der Waals surface area contributed by atoms with Gasteiger partial charge in [0.1, 0.15) is 12.4 Å². The average molecular weight is 437 g/mol. The van der Waals surface area contributed by atoms with Gasteiger partial charge < -0.3 is 10.1 Å². The van der Waals surface area contributed by atoms with Crippen molar-refractivity contribution in [3.05, 3.63) is 65.7 Å². The monoisotopic (exact) mass is 436 g/mol. The summed E-state index contributed by atoms with van der Waals surface area (Å²) in [5.74, 6) is 0.518. The molecule has 1 atom stereocenters. The quantitative estimate of drug-likeness (QED) is 0.688. The van der Waals surface area contributed by atoms with Gasteiger partial charge in [0, 0.05) is 37.8 Å². The molecule has 0 bridgehead atoms. The smallest absolute Gasteiger partial charge is 0.390 e. The largest absolute Gasteiger partial charge is 0.489 e. The Balaban J connectivity index is 0.00000196. The Morgan fingerprint density at radius 1 is 0.929 bits per heavy atom. The highest BCUT2D eigenvalue weighted by Gasteiger charge is 2.37. The molecule has 156 valence electrons. The molecular weight excluding hydrogens is 412 g/mol. The molecule has 0 saturated carbocycles. The number of ether oxygens (including phenoxy) is 1. The molecule has 0 aliphatic carbocycles. The Labute approximate surface area is 176 Å². The van der Waals surface area contributed by atoms with Crippen LogP contribution in [-0.2, 0) is 6.61 Å². The molecule has 0 spiro atoms. The second-order valence-corrected chi connectivity index (χ2v) is 6.43. The van der Waals surface area contributed by atoms with E-state index in [4.69, 9.17) is 4.74 Å². The molecule has 0 amide bonds. The lowest BCUT2D eigenvalue weighted by molar-refractivity contribution is -0.148. The number of rotatable bonds is 6. The molecule has 1 fully saturated rings. The fourth-order valence-corrected chi connectivity index (χ4v) is 3.27. The number of hydrogen-bond acceptors (Lipinski definition) is 3. The summed E-state index contributed by atoms with van der Waals surface area (Å²) in [5, 5.41) is 3.19. The Bertz CT molecular complexity index is 695. The molecule has 1 heterocycles. The van der Waals surface area contributed by atoms with Gasteiger partial charge in [0.05, 0.1) is 6.42 Å². The Hall–Kier alpha value is -1.47. The van der Waals surface area contributed by atoms with Crippen molar-refractivity contribution in [1.29, 1.82) is 0 Å². The van der Waals surface area contributed by atoms with Crippen molar-refractivity contribution in [2.45, 2.75) is 25.2 Å². The Morgan fingerprint density at radius 3 is 2.18 bits per heavy atom. The van der Waals surface area contributed by atoms with E-state index in [1.807, 2.05) is 35.2 Å². The van der Waals surface area contributed by atoms with Crippen LogP contribution in [0.25, 0.3) is 0 Å². The molecule has 8 heteroatoms. The van der Waals surface area contributed by atoms with Crippen molar-refractivity contribution < 1.29 is 17.9 Å². The molecule has 2 aromatic rings. The molecule has 1 N–H and O–H groups in total. The topological polar surface area (TPSA) is 24.5 Å². The second kappa shape index (κ2) is 11.5. The van der Waals surface area contributed by atoms with Crippen LogP contribution in [0.4, 0.5) is 13.2 Å². The highest BCUT2D eigenvalue weighted by atomic mass is 35.5. The third kappa shape index (κ3) is 7.17. The van der Waals surface area contributed by atoms with Crippen LogP contribution in [0, 0.1) is 0 Å². The number of halogens is 5. The third-order valence-corrected chi connectivity index (χ3v) is 4.53. The van der Waals surface area contributed by atoms with Crippen molar-refractivity contribution in [2.75, 3.05) is 26.2 Å². The molecule has 0 radical (unpaired) electrons. The van der Waals surface area contributed by atoms with E-state index in [2.05, 4.69) is 5.32 Å². The number of alkyl halides is 3. The van der Waals surface area contributed by atoms with Crippen molar-refractivity contribution >= 4 is 24.8 Å². The van der Waals surface area contributed by atoms with E-state index >= 15 is 0 Å². The zero-order chi connectivity index (χ0) is 18.4. The molecule has 3 rings (SSSR count). The van der Waals surface area contributed by atoms with E-state index in [-0.39, 0.29) is 24.8 Å². The van der Waals surface area contributed by atoms with E-state index in [1.165, 1.54) is 0 Å². The zero-order valence-electron chi connectivity index (χ0n) is 15.3. The van der Waals surface area contributed by atoms with Gasteiger partial charge in [-0.3, -0.25) is 4.90 Å². The predicted molar refractivity (Wildman–Crippen MR) is 110 cm³/mol. The molecule has 2 aromatic carbocycles. The zero-order valence-corrected chi connectivity index (χ0v) is 17.0. The summed E-state index contributed by atoms with van der Waals surface area (Å²) >= 11 is 0. The summed E-state index contributed by atoms with van der Waals surface area (Å²) in [4.78, 5) is 1.90. The first-order chi connectivity index (χ1) is 12.5. The molecular formula is C20H25Cl2F3N2O. The molecule has 0 aromatic heterocycles. The first-order valence-electron chi connectivity index (χ1n) is 8.80. The number of para-hydroxylation sites is 1. The van der Waals surface area contributed by atoms with Crippen LogP contribution in [0.5, 0.6) is 5.75 Å². The van der Waals surface area contributed by atoms with Crippen molar-refractivity contribution in [1.82, 2.24) is 10.2 Å². The summed E-state index contributed by atoms with van der Waals surface area (Å²) in [5.41, 5.74) is 1.58. The van der Waals surface area contributed by atoms with Crippen LogP contribution in [0.15, 0.2) is 54.6 Å². The van der Waals surface area contributed by atoms with Crippen molar-refractivity contribution in [3.63, 3.8) is 0 Å². The first kappa shape index (κ1) is 24.6. The van der Waals surface area contributed by atoms with E-state index < -0.39 is 18.6 Å². The summed E-state index contributed by atoms with van der Waals surface area (Å²) in [7, 11) is 0. The van der Waals surface area contributed by atoms with Gasteiger partial charge in [0.2, 0.25) is 0 Å². The highest BCUT2D eigenvalue weighted by molar-refractivity contribution is 5.85. The van der Waals surface area contributed by atoms with Gasteiger partial charge in [-0.25, -0.2) is 0 Å². The van der Waals surface area contributed by atoms with Crippen LogP contribution in [0.2, 0.25) is 0 Å². The summed E-state index contributed by atoms with van der Waals surface area (Å²) in [6, 6.07) is 16.0. The maximum atomic E-state index is 13.2. The molecule has 1 aliphatic heterocycles. The van der Waals surface area contributed by atoms with E-state index in [0.717, 1.165) is 5.56 Å². The lowest BCUT2D eigenvalue weighted by atomic mass is 9.99. The molecule has 1 saturated heterocycles. The van der Waals surface area contributed by atoms with Gasteiger partial charge in [-0.15, -0.1) is 24.8 Å². The highest BCUT2D eigenvalue weighted by Crippen LogP contribution is 2.38. The molecule has 0 unspecified atom stereocenters. The van der Waals surface area contributed by atoms with Crippen LogP contribution < -0.4 is 10.1 Å². The number of hydrogen-bond donors (Lipinski definition) is 1. The summed E-state index contributed by atoms with van der Waals surface area (Å²) in [6.45, 7) is 2.91. The lowest BCUT2D eigenvalue weighted by Crippen LogP contribution is -2.46. The number of benzene rings is 2. The summed E-state index contributed by atoms with van der Waals surface area (Å²) in [6.07, 6.45) is -5.11. The SMILES string of the molecule is Cl.Cl.FC(F)(F)C[C@@H](c1ccccc1OCc1ccccc1)N1CCNCC1. The van der Waals surface area contributed by atoms with E-state index in [9.17, 15) is 13.2 Å². The van der Waals surface area contributed by atoms with Crippen molar-refractivity contribution in [3.8, 4) is 5.75 Å². The van der Waals surface area contributed by atoms with Gasteiger partial charge >= 0.3 is 6.18 Å². The Kier molecular flexibility index (Phi) is 10.1. The van der Waals surface area contributed by atoms with Gasteiger partial charge in [-0.1, -0.05) is 48.5 Å². The van der Waals surface area contributed by atoms with Crippen LogP contribution in [-0.4, -0.2) is 37.3 Å². The maximum Gasteiger partial charge on any atom is 0.390 e. The standard InChI is InChI=1S/C20H23F3N2O.2ClH/c21-20(22,23)14-18(25-12-10-24-11-13-25)17-8-4-5-9-19(17)26-15-16-6-2-1-3-7-16;;/h1-9,18,24H,10-15H2;2*1H/t18-;;/m0../s1. The first-order valence-corrected chi connectivity index (χ1v) is 8.80. The van der Waals surface area contributed by atoms with Crippen LogP contribution >= 0.6 is 24.8 Å². The fraction of sp³-hybridized carbons (Fsp3) is 0.400. The normalized spacial score (nSPS) is 15.8.